The standard InChI is InChI=1S/CF7N3S3/c2-1(9-12(3)4,10-13(5)6)11-14(7)8. The molecular formula is CF7N3S3. The fraction of sp³-hybridized carbons (Fsp3) is 1.00. The topological polar surface area (TPSA) is 37.1 Å². The van der Waals surface area contributed by atoms with Gasteiger partial charge in [-0.1, -0.05) is 0 Å². The summed E-state index contributed by atoms with van der Waals surface area (Å²) in [6.45, 7) is 0. The maximum Gasteiger partial charge on any atom is 0.427 e. The van der Waals surface area contributed by atoms with E-state index in [-0.39, 0.29) is 0 Å². The summed E-state index contributed by atoms with van der Waals surface area (Å²) in [6, 6.07) is -4.27. The smallest absolute Gasteiger partial charge is 0.164 e. The largest absolute Gasteiger partial charge is 0.427 e. The van der Waals surface area contributed by atoms with Crippen molar-refractivity contribution < 1.29 is 27.7 Å². The van der Waals surface area contributed by atoms with E-state index in [0.29, 0.717) is 0 Å². The molecule has 0 aliphatic heterocycles. The molecule has 0 heterocycles. The third-order valence-corrected chi connectivity index (χ3v) is 1.67. The second kappa shape index (κ2) is 5.75. The maximum absolute atomic E-state index is 12.6. The number of nitrogens with zero attached hydrogens (tertiary/aromatic N) is 3. The van der Waals surface area contributed by atoms with E-state index in [1.807, 2.05) is 0 Å². The van der Waals surface area contributed by atoms with E-state index >= 15 is 0 Å². The van der Waals surface area contributed by atoms with Crippen LogP contribution in [0.5, 0.6) is 0 Å². The van der Waals surface area contributed by atoms with Gasteiger partial charge in [-0.2, -0.15) is 4.39 Å². The Bertz CT molecular complexity index is 241. The SMILES string of the molecule is FS(F)=NC(F)(N=S(F)F)N=S(F)F. The van der Waals surface area contributed by atoms with Crippen LogP contribution in [0.15, 0.2) is 13.1 Å². The predicted octanol–water partition coefficient (Wildman–Crippen LogP) is 3.28. The lowest BCUT2D eigenvalue weighted by molar-refractivity contribution is 0.208. The van der Waals surface area contributed by atoms with Crippen LogP contribution < -0.4 is 0 Å². The van der Waals surface area contributed by atoms with Gasteiger partial charge in [0.2, 0.25) is 0 Å². The minimum atomic E-state index is -4.27. The van der Waals surface area contributed by atoms with E-state index in [1.165, 1.54) is 0 Å². The summed E-state index contributed by atoms with van der Waals surface area (Å²) in [5.41, 5.74) is 0. The van der Waals surface area contributed by atoms with Crippen LogP contribution in [0.3, 0.4) is 0 Å². The van der Waals surface area contributed by atoms with Crippen LogP contribution in [0, 0.1) is 0 Å². The Morgan fingerprint density at radius 3 is 1.00 bits per heavy atom. The molecule has 0 aliphatic rings. The highest BCUT2D eigenvalue weighted by atomic mass is 32.2. The van der Waals surface area contributed by atoms with E-state index in [1.54, 1.807) is 13.1 Å². The fourth-order valence-electron chi connectivity index (χ4n) is 0.313. The van der Waals surface area contributed by atoms with Crippen LogP contribution in [-0.4, -0.2) is 6.04 Å². The number of alkyl halides is 1. The third kappa shape index (κ3) is 6.42. The van der Waals surface area contributed by atoms with Crippen LogP contribution in [0.2, 0.25) is 0 Å². The molecule has 0 unspecified atom stereocenters. The molecule has 0 amide bonds. The summed E-state index contributed by atoms with van der Waals surface area (Å²) >= 11 is -12.0. The first-order valence-corrected chi connectivity index (χ1v) is 5.28. The van der Waals surface area contributed by atoms with E-state index in [9.17, 15) is 27.7 Å². The minimum absolute atomic E-state index is 1.64. The molecule has 0 aromatic rings. The van der Waals surface area contributed by atoms with Gasteiger partial charge < -0.3 is 0 Å². The van der Waals surface area contributed by atoms with Crippen LogP contribution >= 0.6 is 0 Å². The second-order valence-corrected chi connectivity index (χ2v) is 3.14. The van der Waals surface area contributed by atoms with E-state index in [2.05, 4.69) is 0 Å². The average Bonchev–Trinajstić information content (AvgIpc) is 1.76. The Morgan fingerprint density at radius 2 is 0.857 bits per heavy atom. The van der Waals surface area contributed by atoms with Crippen LogP contribution in [-0.2, 0) is 34.4 Å². The Morgan fingerprint density at radius 1 is 0.643 bits per heavy atom. The molecular weight excluding hydrogens is 283 g/mol. The molecule has 0 rings (SSSR count). The van der Waals surface area contributed by atoms with Crippen LogP contribution in [0.4, 0.5) is 27.7 Å². The molecule has 0 fully saturated rings. The lowest BCUT2D eigenvalue weighted by atomic mass is 10.9. The van der Waals surface area contributed by atoms with Crippen molar-refractivity contribution in [2.24, 2.45) is 13.1 Å². The number of hydrogen-bond acceptors (Lipinski definition) is 3. The van der Waals surface area contributed by atoms with Crippen molar-refractivity contribution in [3.05, 3.63) is 0 Å². The van der Waals surface area contributed by atoms with Gasteiger partial charge in [-0.25, -0.2) is 0 Å². The zero-order valence-corrected chi connectivity index (χ0v) is 8.16. The lowest BCUT2D eigenvalue weighted by Gasteiger charge is -2.05. The molecule has 0 aliphatic carbocycles. The summed E-state index contributed by atoms with van der Waals surface area (Å²) < 4.78 is 86.2. The minimum Gasteiger partial charge on any atom is -0.164 e. The number of hydrogen-bond donors (Lipinski definition) is 0. The Labute approximate surface area is 81.8 Å². The van der Waals surface area contributed by atoms with E-state index in [4.69, 9.17) is 0 Å². The normalized spacial score (nSPS) is 12.4. The van der Waals surface area contributed by atoms with Gasteiger partial charge in [0.25, 0.3) is 34.4 Å². The van der Waals surface area contributed by atoms with Gasteiger partial charge in [0.05, 0.1) is 0 Å². The molecule has 13 heteroatoms. The number of rotatable bonds is 3. The van der Waals surface area contributed by atoms with Crippen molar-refractivity contribution in [3.63, 3.8) is 0 Å². The van der Waals surface area contributed by atoms with Crippen molar-refractivity contribution in [1.82, 2.24) is 0 Å². The molecule has 0 saturated heterocycles. The fourth-order valence-corrected chi connectivity index (χ4v) is 1.24. The molecule has 0 bridgehead atoms. The van der Waals surface area contributed by atoms with Crippen LogP contribution in [0.25, 0.3) is 0 Å². The molecule has 0 atom stereocenters. The van der Waals surface area contributed by atoms with E-state index in [0.717, 1.165) is 0 Å². The molecule has 3 nitrogen and oxygen atoms in total. The molecule has 0 saturated carbocycles. The lowest BCUT2D eigenvalue weighted by Crippen LogP contribution is -2.13. The molecule has 0 N–H and O–H groups in total. The summed E-state index contributed by atoms with van der Waals surface area (Å²) in [5, 5.41) is 0. The molecule has 0 radical (unpaired) electrons. The summed E-state index contributed by atoms with van der Waals surface area (Å²) in [6.07, 6.45) is 0. The van der Waals surface area contributed by atoms with Gasteiger partial charge in [0.1, 0.15) is 0 Å². The van der Waals surface area contributed by atoms with Crippen molar-refractivity contribution in [1.29, 1.82) is 0 Å². The first-order valence-electron chi connectivity index (χ1n) is 2.33. The molecule has 0 spiro atoms. The zero-order chi connectivity index (χ0) is 11.4. The highest BCUT2D eigenvalue weighted by Crippen LogP contribution is 2.23. The van der Waals surface area contributed by atoms with E-state index < -0.39 is 40.4 Å². The summed E-state index contributed by atoms with van der Waals surface area (Å²) in [4.78, 5) is 0. The summed E-state index contributed by atoms with van der Waals surface area (Å²) in [7, 11) is 0. The van der Waals surface area contributed by atoms with Crippen LogP contribution in [0.1, 0.15) is 0 Å². The quantitative estimate of drug-likeness (QED) is 0.563. The Kier molecular flexibility index (Phi) is 5.73. The predicted molar refractivity (Wildman–Crippen MR) is 39.9 cm³/mol. The first-order chi connectivity index (χ1) is 6.25. The van der Waals surface area contributed by atoms with Crippen molar-refractivity contribution >= 4 is 34.4 Å². The van der Waals surface area contributed by atoms with Crippen molar-refractivity contribution in [2.75, 3.05) is 0 Å². The monoisotopic (exact) mass is 283 g/mol. The third-order valence-electron chi connectivity index (χ3n) is 0.555. The molecule has 0 aromatic heterocycles. The molecule has 86 valence electrons. The maximum atomic E-state index is 12.6. The highest BCUT2D eigenvalue weighted by molar-refractivity contribution is 7.78. The molecule has 0 aromatic carbocycles. The second-order valence-electron chi connectivity index (χ2n) is 1.42. The van der Waals surface area contributed by atoms with Gasteiger partial charge in [-0.05, 0) is 0 Å². The Hall–Kier alpha value is -0.0400. The number of halogens is 7. The van der Waals surface area contributed by atoms with Gasteiger partial charge in [-0.3, -0.25) is 0 Å². The average molecular weight is 283 g/mol. The molecule has 14 heavy (non-hydrogen) atoms. The zero-order valence-electron chi connectivity index (χ0n) is 5.71. The summed E-state index contributed by atoms with van der Waals surface area (Å²) in [5.74, 6) is 0. The van der Waals surface area contributed by atoms with Gasteiger partial charge in [-0.15, -0.1) is 36.4 Å². The Balaban J connectivity index is 5.17. The van der Waals surface area contributed by atoms with Gasteiger partial charge >= 0.3 is 6.04 Å². The van der Waals surface area contributed by atoms with Crippen molar-refractivity contribution in [2.45, 2.75) is 6.04 Å². The highest BCUT2D eigenvalue weighted by Gasteiger charge is 2.32. The van der Waals surface area contributed by atoms with Gasteiger partial charge in [0, 0.05) is 0 Å². The van der Waals surface area contributed by atoms with Crippen molar-refractivity contribution in [3.8, 4) is 0 Å². The first kappa shape index (κ1) is 14.0. The van der Waals surface area contributed by atoms with Gasteiger partial charge in [0.15, 0.2) is 0 Å².